The van der Waals surface area contributed by atoms with Crippen molar-refractivity contribution in [1.29, 1.82) is 0 Å². The zero-order valence-electron chi connectivity index (χ0n) is 10.4. The summed E-state index contributed by atoms with van der Waals surface area (Å²) in [6.45, 7) is 0. The summed E-state index contributed by atoms with van der Waals surface area (Å²) in [5.74, 6) is 0.766. The van der Waals surface area contributed by atoms with Crippen molar-refractivity contribution in [3.8, 4) is 0 Å². The largest absolute Gasteiger partial charge is 0.311 e. The zero-order valence-corrected chi connectivity index (χ0v) is 11.2. The van der Waals surface area contributed by atoms with Crippen LogP contribution in [0.2, 0.25) is 0 Å². The average molecular weight is 258 g/mol. The van der Waals surface area contributed by atoms with E-state index in [1.807, 2.05) is 0 Å². The Kier molecular flexibility index (Phi) is 2.96. The lowest BCUT2D eigenvalue weighted by Crippen LogP contribution is -2.50. The molecule has 0 aliphatic carbocycles. The van der Waals surface area contributed by atoms with Crippen molar-refractivity contribution in [3.63, 3.8) is 0 Å². The molecular formula is C12H22N2O2S. The number of nitrogens with zero attached hydrogens (tertiary/aromatic N) is 1. The molecule has 0 amide bonds. The molecule has 3 aliphatic heterocycles. The minimum atomic E-state index is -2.75. The number of fused-ring (bicyclic) bond motifs is 2. The zero-order chi connectivity index (χ0) is 12.0. The van der Waals surface area contributed by atoms with Crippen LogP contribution in [0.15, 0.2) is 0 Å². The highest BCUT2D eigenvalue weighted by atomic mass is 32.2. The van der Waals surface area contributed by atoms with Gasteiger partial charge in [-0.1, -0.05) is 0 Å². The van der Waals surface area contributed by atoms with E-state index in [4.69, 9.17) is 0 Å². The molecule has 0 aromatic heterocycles. The van der Waals surface area contributed by atoms with Gasteiger partial charge in [0.1, 0.15) is 0 Å². The van der Waals surface area contributed by atoms with Crippen molar-refractivity contribution < 1.29 is 8.42 Å². The Labute approximate surface area is 104 Å². The number of hydrogen-bond donors (Lipinski definition) is 1. The van der Waals surface area contributed by atoms with E-state index in [9.17, 15) is 8.42 Å². The normalized spacial score (nSPS) is 44.4. The van der Waals surface area contributed by atoms with Crippen molar-refractivity contribution >= 4 is 9.84 Å². The van der Waals surface area contributed by atoms with Gasteiger partial charge < -0.3 is 5.32 Å². The number of nitrogens with one attached hydrogen (secondary N) is 1. The molecule has 3 saturated heterocycles. The number of hydrogen-bond acceptors (Lipinski definition) is 4. The maximum Gasteiger partial charge on any atom is 0.151 e. The van der Waals surface area contributed by atoms with Gasteiger partial charge in [-0.3, -0.25) is 4.90 Å². The van der Waals surface area contributed by atoms with E-state index in [0.717, 1.165) is 6.42 Å². The lowest BCUT2D eigenvalue weighted by Gasteiger charge is -2.38. The van der Waals surface area contributed by atoms with Crippen LogP contribution in [0, 0.1) is 0 Å². The molecule has 3 unspecified atom stereocenters. The molecule has 5 heteroatoms. The molecule has 0 aromatic carbocycles. The van der Waals surface area contributed by atoms with Crippen LogP contribution in [0.4, 0.5) is 0 Å². The molecule has 3 rings (SSSR count). The van der Waals surface area contributed by atoms with Crippen molar-refractivity contribution in [2.45, 2.75) is 56.3 Å². The first-order chi connectivity index (χ1) is 8.03. The lowest BCUT2D eigenvalue weighted by molar-refractivity contribution is 0.135. The fourth-order valence-electron chi connectivity index (χ4n) is 3.75. The summed E-state index contributed by atoms with van der Waals surface area (Å²) in [6, 6.07) is 2.22. The fourth-order valence-corrected chi connectivity index (χ4v) is 5.54. The Morgan fingerprint density at radius 1 is 1.06 bits per heavy atom. The van der Waals surface area contributed by atoms with Gasteiger partial charge in [-0.15, -0.1) is 0 Å². The quantitative estimate of drug-likeness (QED) is 0.778. The first-order valence-corrected chi connectivity index (χ1v) is 8.54. The molecule has 2 bridgehead atoms. The first-order valence-electron chi connectivity index (χ1n) is 6.72. The third-order valence-corrected chi connectivity index (χ3v) is 6.56. The summed E-state index contributed by atoms with van der Waals surface area (Å²) >= 11 is 0. The molecule has 0 radical (unpaired) electrons. The van der Waals surface area contributed by atoms with E-state index in [1.54, 1.807) is 0 Å². The van der Waals surface area contributed by atoms with Crippen LogP contribution in [0.5, 0.6) is 0 Å². The molecule has 4 nitrogen and oxygen atoms in total. The Morgan fingerprint density at radius 2 is 1.71 bits per heavy atom. The van der Waals surface area contributed by atoms with E-state index in [0.29, 0.717) is 29.6 Å². The summed E-state index contributed by atoms with van der Waals surface area (Å²) in [6.07, 6.45) is 5.83. The van der Waals surface area contributed by atoms with E-state index in [-0.39, 0.29) is 6.04 Å². The van der Waals surface area contributed by atoms with Crippen LogP contribution in [0.1, 0.15) is 32.1 Å². The second-order valence-corrected chi connectivity index (χ2v) is 8.21. The minimum Gasteiger partial charge on any atom is -0.311 e. The molecule has 3 aliphatic rings. The molecule has 98 valence electrons. The molecule has 3 heterocycles. The minimum absolute atomic E-state index is 0.266. The van der Waals surface area contributed by atoms with E-state index in [1.165, 1.54) is 25.7 Å². The smallest absolute Gasteiger partial charge is 0.151 e. The summed E-state index contributed by atoms with van der Waals surface area (Å²) in [4.78, 5) is 2.36. The van der Waals surface area contributed by atoms with E-state index < -0.39 is 9.84 Å². The van der Waals surface area contributed by atoms with Gasteiger partial charge in [-0.2, -0.15) is 0 Å². The van der Waals surface area contributed by atoms with Gasteiger partial charge in [0, 0.05) is 24.2 Å². The SMILES string of the molecule is CN(C1CC2CCC(C1)N2)C1CCS(=O)(=O)C1. The maximum absolute atomic E-state index is 11.5. The molecule has 1 N–H and O–H groups in total. The molecule has 0 saturated carbocycles. The highest BCUT2D eigenvalue weighted by Crippen LogP contribution is 2.31. The van der Waals surface area contributed by atoms with Crippen LogP contribution >= 0.6 is 0 Å². The van der Waals surface area contributed by atoms with Gasteiger partial charge >= 0.3 is 0 Å². The monoisotopic (exact) mass is 258 g/mol. The summed E-state index contributed by atoms with van der Waals surface area (Å²) in [7, 11) is -0.622. The number of sulfone groups is 1. The van der Waals surface area contributed by atoms with Crippen molar-refractivity contribution in [2.24, 2.45) is 0 Å². The lowest BCUT2D eigenvalue weighted by atomic mass is 9.97. The third kappa shape index (κ3) is 2.37. The van der Waals surface area contributed by atoms with Gasteiger partial charge in [0.15, 0.2) is 9.84 Å². The third-order valence-electron chi connectivity index (χ3n) is 4.81. The molecule has 17 heavy (non-hydrogen) atoms. The predicted octanol–water partition coefficient (Wildman–Crippen LogP) is 0.388. The molecule has 3 atom stereocenters. The van der Waals surface area contributed by atoms with Crippen LogP contribution in [0.3, 0.4) is 0 Å². The Hall–Kier alpha value is -0.130. The molecule has 0 aromatic rings. The van der Waals surface area contributed by atoms with Crippen LogP contribution in [-0.4, -0.2) is 56.0 Å². The Morgan fingerprint density at radius 3 is 2.24 bits per heavy atom. The van der Waals surface area contributed by atoms with E-state index in [2.05, 4.69) is 17.3 Å². The summed E-state index contributed by atoms with van der Waals surface area (Å²) in [5, 5.41) is 3.64. The van der Waals surface area contributed by atoms with Crippen molar-refractivity contribution in [3.05, 3.63) is 0 Å². The highest BCUT2D eigenvalue weighted by molar-refractivity contribution is 7.91. The van der Waals surface area contributed by atoms with Gasteiger partial charge in [0.05, 0.1) is 11.5 Å². The second kappa shape index (κ2) is 4.21. The van der Waals surface area contributed by atoms with E-state index >= 15 is 0 Å². The van der Waals surface area contributed by atoms with Crippen LogP contribution < -0.4 is 5.32 Å². The summed E-state index contributed by atoms with van der Waals surface area (Å²) < 4.78 is 23.1. The average Bonchev–Trinajstić information content (AvgIpc) is 2.80. The fraction of sp³-hybridized carbons (Fsp3) is 1.00. The standard InChI is InChI=1S/C12H22N2O2S/c1-14(11-4-5-17(15,16)8-11)12-6-9-2-3-10(7-12)13-9/h9-13H,2-8H2,1H3. The van der Waals surface area contributed by atoms with Crippen LogP contribution in [-0.2, 0) is 9.84 Å². The summed E-state index contributed by atoms with van der Waals surface area (Å²) in [5.41, 5.74) is 0. The van der Waals surface area contributed by atoms with Gasteiger partial charge in [-0.25, -0.2) is 8.42 Å². The Bertz CT molecular complexity index is 383. The molecule has 0 spiro atoms. The molecular weight excluding hydrogens is 236 g/mol. The number of rotatable bonds is 2. The Balaban J connectivity index is 1.65. The first kappa shape index (κ1) is 11.9. The highest BCUT2D eigenvalue weighted by Gasteiger charge is 2.39. The van der Waals surface area contributed by atoms with Crippen molar-refractivity contribution in [2.75, 3.05) is 18.6 Å². The predicted molar refractivity (Wildman–Crippen MR) is 67.8 cm³/mol. The van der Waals surface area contributed by atoms with Crippen molar-refractivity contribution in [1.82, 2.24) is 10.2 Å². The van der Waals surface area contributed by atoms with Gasteiger partial charge in [0.2, 0.25) is 0 Å². The topological polar surface area (TPSA) is 49.4 Å². The molecule has 3 fully saturated rings. The number of piperidine rings is 1. The van der Waals surface area contributed by atoms with Gasteiger partial charge in [0.25, 0.3) is 0 Å². The maximum atomic E-state index is 11.5. The van der Waals surface area contributed by atoms with Crippen LogP contribution in [0.25, 0.3) is 0 Å². The van der Waals surface area contributed by atoms with Gasteiger partial charge in [-0.05, 0) is 39.2 Å². The second-order valence-electron chi connectivity index (χ2n) is 5.99.